The molecule has 1 amide bonds. The first-order valence-corrected chi connectivity index (χ1v) is 10.7. The highest BCUT2D eigenvalue weighted by molar-refractivity contribution is 6.01. The molecule has 0 fully saturated rings. The van der Waals surface area contributed by atoms with Gasteiger partial charge in [0.1, 0.15) is 24.0 Å². The van der Waals surface area contributed by atoms with Gasteiger partial charge in [-0.1, -0.05) is 60.2 Å². The van der Waals surface area contributed by atoms with Crippen LogP contribution < -0.4 is 10.1 Å². The largest absolute Gasteiger partial charge is 0.489 e. The van der Waals surface area contributed by atoms with Crippen molar-refractivity contribution >= 4 is 12.0 Å². The summed E-state index contributed by atoms with van der Waals surface area (Å²) in [6.45, 7) is 7.27. The minimum atomic E-state index is -0.367. The number of hydrogen-bond donors (Lipinski definition) is 1. The second kappa shape index (κ2) is 11.0. The number of ether oxygens (including phenoxy) is 1. The molecule has 0 radical (unpaired) electrons. The Labute approximate surface area is 190 Å². The quantitative estimate of drug-likeness (QED) is 0.386. The summed E-state index contributed by atoms with van der Waals surface area (Å²) in [6.07, 6.45) is 2.31. The van der Waals surface area contributed by atoms with Crippen LogP contribution in [0.25, 0.3) is 6.08 Å². The van der Waals surface area contributed by atoms with Crippen molar-refractivity contribution in [1.29, 1.82) is 5.26 Å². The van der Waals surface area contributed by atoms with Gasteiger partial charge in [0.05, 0.1) is 0 Å². The summed E-state index contributed by atoms with van der Waals surface area (Å²) in [5.41, 5.74) is 6.88. The highest BCUT2D eigenvalue weighted by Crippen LogP contribution is 2.20. The average Bonchev–Trinajstić information content (AvgIpc) is 2.78. The van der Waals surface area contributed by atoms with Crippen LogP contribution in [-0.4, -0.2) is 12.5 Å². The van der Waals surface area contributed by atoms with Crippen LogP contribution in [0.5, 0.6) is 5.75 Å². The van der Waals surface area contributed by atoms with Crippen LogP contribution in [0.1, 0.15) is 33.4 Å². The highest BCUT2D eigenvalue weighted by atomic mass is 16.5. The zero-order valence-corrected chi connectivity index (χ0v) is 18.8. The summed E-state index contributed by atoms with van der Waals surface area (Å²) in [5, 5.41) is 12.2. The number of carbonyl (C=O) groups excluding carboxylic acids is 1. The maximum Gasteiger partial charge on any atom is 0.261 e. The van der Waals surface area contributed by atoms with Crippen LogP contribution in [0, 0.1) is 32.1 Å². The second-order valence-electron chi connectivity index (χ2n) is 7.90. The van der Waals surface area contributed by atoms with E-state index in [1.807, 2.05) is 60.7 Å². The van der Waals surface area contributed by atoms with Gasteiger partial charge >= 0.3 is 0 Å². The molecule has 0 aromatic heterocycles. The van der Waals surface area contributed by atoms with Crippen LogP contribution in [-0.2, 0) is 17.8 Å². The van der Waals surface area contributed by atoms with Crippen LogP contribution >= 0.6 is 0 Å². The number of carbonyl (C=O) groups is 1. The Morgan fingerprint density at radius 3 is 2.28 bits per heavy atom. The maximum atomic E-state index is 12.4. The van der Waals surface area contributed by atoms with Crippen molar-refractivity contribution in [1.82, 2.24) is 5.32 Å². The van der Waals surface area contributed by atoms with E-state index in [0.29, 0.717) is 13.2 Å². The molecule has 3 rings (SSSR count). The van der Waals surface area contributed by atoms with Crippen LogP contribution in [0.2, 0.25) is 0 Å². The molecule has 0 saturated carbocycles. The van der Waals surface area contributed by atoms with Crippen molar-refractivity contribution in [3.05, 3.63) is 106 Å². The van der Waals surface area contributed by atoms with Gasteiger partial charge in [0.15, 0.2) is 0 Å². The normalized spacial score (nSPS) is 11.0. The summed E-state index contributed by atoms with van der Waals surface area (Å²) in [5.74, 6) is 0.376. The Hall–Kier alpha value is -3.84. The lowest BCUT2D eigenvalue weighted by atomic mass is 10.0. The first-order chi connectivity index (χ1) is 15.5. The standard InChI is InChI=1S/C28H28N2O2/c1-20-15-21(2)27(22(3)16-20)19-32-26-11-9-24(10-12-26)17-25(18-29)28(31)30-14-13-23-7-5-4-6-8-23/h4-12,15-17H,13-14,19H2,1-3H3,(H,30,31)/b25-17+. The Balaban J connectivity index is 1.58. The molecule has 4 nitrogen and oxygen atoms in total. The lowest BCUT2D eigenvalue weighted by Gasteiger charge is -2.13. The van der Waals surface area contributed by atoms with E-state index in [1.165, 1.54) is 22.3 Å². The summed E-state index contributed by atoms with van der Waals surface area (Å²) in [7, 11) is 0. The zero-order chi connectivity index (χ0) is 22.9. The number of hydrogen-bond acceptors (Lipinski definition) is 3. The third kappa shape index (κ3) is 6.33. The number of amides is 1. The van der Waals surface area contributed by atoms with Gasteiger partial charge in [0.25, 0.3) is 5.91 Å². The molecule has 3 aromatic carbocycles. The third-order valence-corrected chi connectivity index (χ3v) is 5.32. The van der Waals surface area contributed by atoms with E-state index in [4.69, 9.17) is 4.74 Å². The highest BCUT2D eigenvalue weighted by Gasteiger charge is 2.09. The van der Waals surface area contributed by atoms with E-state index in [2.05, 4.69) is 38.2 Å². The molecule has 0 aliphatic carbocycles. The summed E-state index contributed by atoms with van der Waals surface area (Å²) in [6, 6.07) is 23.6. The lowest BCUT2D eigenvalue weighted by Crippen LogP contribution is -2.26. The van der Waals surface area contributed by atoms with Crippen molar-refractivity contribution in [2.75, 3.05) is 6.54 Å². The molecule has 4 heteroatoms. The van der Waals surface area contributed by atoms with Gasteiger partial charge in [-0.15, -0.1) is 0 Å². The molecule has 0 unspecified atom stereocenters. The zero-order valence-electron chi connectivity index (χ0n) is 18.8. The molecule has 0 bridgehead atoms. The van der Waals surface area contributed by atoms with E-state index < -0.39 is 0 Å². The maximum absolute atomic E-state index is 12.4. The number of nitrogens with zero attached hydrogens (tertiary/aromatic N) is 1. The van der Waals surface area contributed by atoms with Crippen molar-refractivity contribution in [3.8, 4) is 11.8 Å². The summed E-state index contributed by atoms with van der Waals surface area (Å²) < 4.78 is 5.96. The molecular formula is C28H28N2O2. The molecule has 0 spiro atoms. The molecule has 0 saturated heterocycles. The van der Waals surface area contributed by atoms with Gasteiger partial charge in [-0.3, -0.25) is 4.79 Å². The number of benzene rings is 3. The Kier molecular flexibility index (Phi) is 7.83. The minimum absolute atomic E-state index is 0.0811. The molecule has 3 aromatic rings. The monoisotopic (exact) mass is 424 g/mol. The molecular weight excluding hydrogens is 396 g/mol. The number of nitrogens with one attached hydrogen (secondary N) is 1. The second-order valence-corrected chi connectivity index (χ2v) is 7.90. The van der Waals surface area contributed by atoms with E-state index in [1.54, 1.807) is 6.08 Å². The van der Waals surface area contributed by atoms with Gasteiger partial charge < -0.3 is 10.1 Å². The molecule has 0 heterocycles. The fraction of sp³-hybridized carbons (Fsp3) is 0.214. The summed E-state index contributed by atoms with van der Waals surface area (Å²) >= 11 is 0. The van der Waals surface area contributed by atoms with Crippen molar-refractivity contribution in [2.45, 2.75) is 33.8 Å². The minimum Gasteiger partial charge on any atom is -0.489 e. The lowest BCUT2D eigenvalue weighted by molar-refractivity contribution is -0.117. The predicted molar refractivity (Wildman–Crippen MR) is 128 cm³/mol. The SMILES string of the molecule is Cc1cc(C)c(COc2ccc(/C=C(\C#N)C(=O)NCCc3ccccc3)cc2)c(C)c1. The first kappa shape index (κ1) is 22.8. The Bertz CT molecular complexity index is 1120. The number of nitriles is 1. The van der Waals surface area contributed by atoms with Crippen molar-refractivity contribution in [3.63, 3.8) is 0 Å². The van der Waals surface area contributed by atoms with Gasteiger partial charge in [0.2, 0.25) is 0 Å². The van der Waals surface area contributed by atoms with Gasteiger partial charge in [-0.25, -0.2) is 0 Å². The van der Waals surface area contributed by atoms with E-state index >= 15 is 0 Å². The van der Waals surface area contributed by atoms with E-state index in [9.17, 15) is 10.1 Å². The molecule has 0 atom stereocenters. The number of rotatable bonds is 8. The molecule has 32 heavy (non-hydrogen) atoms. The fourth-order valence-electron chi connectivity index (χ4n) is 3.63. The van der Waals surface area contributed by atoms with Gasteiger partial charge in [-0.2, -0.15) is 5.26 Å². The van der Waals surface area contributed by atoms with Gasteiger partial charge in [-0.05, 0) is 73.2 Å². The topological polar surface area (TPSA) is 62.1 Å². The van der Waals surface area contributed by atoms with Crippen molar-refractivity contribution in [2.24, 2.45) is 0 Å². The van der Waals surface area contributed by atoms with Crippen LogP contribution in [0.15, 0.2) is 72.3 Å². The predicted octanol–water partition coefficient (Wildman–Crippen LogP) is 5.46. The van der Waals surface area contributed by atoms with Crippen LogP contribution in [0.3, 0.4) is 0 Å². The van der Waals surface area contributed by atoms with E-state index in [0.717, 1.165) is 23.3 Å². The molecule has 162 valence electrons. The fourth-order valence-corrected chi connectivity index (χ4v) is 3.63. The first-order valence-electron chi connectivity index (χ1n) is 10.7. The summed E-state index contributed by atoms with van der Waals surface area (Å²) in [4.78, 5) is 12.4. The average molecular weight is 425 g/mol. The van der Waals surface area contributed by atoms with Gasteiger partial charge in [0, 0.05) is 6.54 Å². The molecule has 1 N–H and O–H groups in total. The molecule has 0 aliphatic rings. The smallest absolute Gasteiger partial charge is 0.261 e. The number of aryl methyl sites for hydroxylation is 3. The van der Waals surface area contributed by atoms with Crippen LogP contribution in [0.4, 0.5) is 0 Å². The Morgan fingerprint density at radius 1 is 1.00 bits per heavy atom. The third-order valence-electron chi connectivity index (χ3n) is 5.32. The Morgan fingerprint density at radius 2 is 1.66 bits per heavy atom. The molecule has 0 aliphatic heterocycles. The van der Waals surface area contributed by atoms with E-state index in [-0.39, 0.29) is 11.5 Å². The van der Waals surface area contributed by atoms with Crippen molar-refractivity contribution < 1.29 is 9.53 Å².